The van der Waals surface area contributed by atoms with E-state index in [1.54, 1.807) is 0 Å². The Morgan fingerprint density at radius 1 is 1.18 bits per heavy atom. The third kappa shape index (κ3) is 5.35. The van der Waals surface area contributed by atoms with Gasteiger partial charge in [0.1, 0.15) is 0 Å². The minimum atomic E-state index is -3.41. The molecule has 6 heteroatoms. The highest BCUT2D eigenvalue weighted by Gasteiger charge is 2.29. The molecule has 1 saturated heterocycles. The van der Waals surface area contributed by atoms with Crippen LogP contribution in [0.4, 0.5) is 0 Å². The van der Waals surface area contributed by atoms with Crippen LogP contribution in [0.2, 0.25) is 0 Å². The third-order valence-corrected chi connectivity index (χ3v) is 5.46. The van der Waals surface area contributed by atoms with E-state index in [9.17, 15) is 8.42 Å². The predicted molar refractivity (Wildman–Crippen MR) is 89.6 cm³/mol. The summed E-state index contributed by atoms with van der Waals surface area (Å²) in [5.41, 5.74) is 1.30. The lowest BCUT2D eigenvalue weighted by Gasteiger charge is -2.22. The average molecular weight is 325 g/mol. The SMILES string of the molecule is CC(C)NS(=O)(=O)N[C@@H](C)[C@@H]1CCN(Cc2ccccc2)C1. The molecule has 0 amide bonds. The van der Waals surface area contributed by atoms with Gasteiger partial charge in [0.25, 0.3) is 10.2 Å². The molecule has 0 bridgehead atoms. The highest BCUT2D eigenvalue weighted by Crippen LogP contribution is 2.21. The van der Waals surface area contributed by atoms with Crippen molar-refractivity contribution in [3.63, 3.8) is 0 Å². The van der Waals surface area contributed by atoms with Gasteiger partial charge in [0.15, 0.2) is 0 Å². The van der Waals surface area contributed by atoms with Crippen molar-refractivity contribution in [1.29, 1.82) is 0 Å². The van der Waals surface area contributed by atoms with Crippen molar-refractivity contribution in [2.45, 2.75) is 45.8 Å². The number of likely N-dealkylation sites (tertiary alicyclic amines) is 1. The van der Waals surface area contributed by atoms with Gasteiger partial charge < -0.3 is 0 Å². The van der Waals surface area contributed by atoms with Crippen LogP contribution in [0.3, 0.4) is 0 Å². The molecule has 0 radical (unpaired) electrons. The van der Waals surface area contributed by atoms with Crippen molar-refractivity contribution in [3.8, 4) is 0 Å². The molecule has 2 atom stereocenters. The summed E-state index contributed by atoms with van der Waals surface area (Å²) in [6.07, 6.45) is 1.03. The van der Waals surface area contributed by atoms with E-state index in [1.807, 2.05) is 26.8 Å². The van der Waals surface area contributed by atoms with Crippen LogP contribution in [0, 0.1) is 5.92 Å². The molecular formula is C16H27N3O2S. The Morgan fingerprint density at radius 2 is 1.86 bits per heavy atom. The van der Waals surface area contributed by atoms with Crippen LogP contribution in [0.1, 0.15) is 32.8 Å². The molecule has 0 aliphatic carbocycles. The fourth-order valence-electron chi connectivity index (χ4n) is 2.94. The number of rotatable bonds is 7. The van der Waals surface area contributed by atoms with Crippen molar-refractivity contribution >= 4 is 10.2 Å². The second kappa shape index (κ2) is 7.55. The van der Waals surface area contributed by atoms with E-state index in [-0.39, 0.29) is 12.1 Å². The lowest BCUT2D eigenvalue weighted by atomic mass is 10.0. The molecule has 124 valence electrons. The fourth-order valence-corrected chi connectivity index (χ4v) is 4.31. The van der Waals surface area contributed by atoms with Crippen LogP contribution >= 0.6 is 0 Å². The monoisotopic (exact) mass is 325 g/mol. The zero-order valence-corrected chi connectivity index (χ0v) is 14.4. The van der Waals surface area contributed by atoms with Crippen LogP contribution in [-0.4, -0.2) is 38.5 Å². The molecule has 1 aromatic rings. The fraction of sp³-hybridized carbons (Fsp3) is 0.625. The Kier molecular flexibility index (Phi) is 5.97. The summed E-state index contributed by atoms with van der Waals surface area (Å²) in [6.45, 7) is 8.48. The summed E-state index contributed by atoms with van der Waals surface area (Å²) in [4.78, 5) is 2.39. The molecule has 1 aliphatic rings. The van der Waals surface area contributed by atoms with Crippen molar-refractivity contribution in [3.05, 3.63) is 35.9 Å². The van der Waals surface area contributed by atoms with E-state index < -0.39 is 10.2 Å². The maximum atomic E-state index is 11.9. The summed E-state index contributed by atoms with van der Waals surface area (Å²) in [7, 11) is -3.41. The van der Waals surface area contributed by atoms with Gasteiger partial charge in [-0.15, -0.1) is 0 Å². The Morgan fingerprint density at radius 3 is 2.50 bits per heavy atom. The van der Waals surface area contributed by atoms with Gasteiger partial charge in [-0.25, -0.2) is 0 Å². The topological polar surface area (TPSA) is 61.4 Å². The normalized spacial score (nSPS) is 21.4. The number of hydrogen-bond donors (Lipinski definition) is 2. The van der Waals surface area contributed by atoms with E-state index in [0.717, 1.165) is 26.1 Å². The zero-order chi connectivity index (χ0) is 16.2. The van der Waals surface area contributed by atoms with Crippen molar-refractivity contribution < 1.29 is 8.42 Å². The van der Waals surface area contributed by atoms with Gasteiger partial charge in [-0.1, -0.05) is 30.3 Å². The number of hydrogen-bond acceptors (Lipinski definition) is 3. The summed E-state index contributed by atoms with van der Waals surface area (Å²) >= 11 is 0. The predicted octanol–water partition coefficient (Wildman–Crippen LogP) is 1.73. The molecular weight excluding hydrogens is 298 g/mol. The second-order valence-electron chi connectivity index (χ2n) is 6.45. The largest absolute Gasteiger partial charge is 0.299 e. The summed E-state index contributed by atoms with van der Waals surface area (Å²) in [5, 5.41) is 0. The van der Waals surface area contributed by atoms with Crippen LogP contribution in [0.15, 0.2) is 30.3 Å². The molecule has 2 N–H and O–H groups in total. The van der Waals surface area contributed by atoms with E-state index in [0.29, 0.717) is 5.92 Å². The van der Waals surface area contributed by atoms with Crippen molar-refractivity contribution in [1.82, 2.24) is 14.3 Å². The third-order valence-electron chi connectivity index (χ3n) is 4.00. The highest BCUT2D eigenvalue weighted by molar-refractivity contribution is 7.87. The second-order valence-corrected chi connectivity index (χ2v) is 7.93. The molecule has 5 nitrogen and oxygen atoms in total. The standard InChI is InChI=1S/C16H27N3O2S/c1-13(2)17-22(20,21)18-14(3)16-9-10-19(12-16)11-15-7-5-4-6-8-15/h4-8,13-14,16-18H,9-12H2,1-3H3/t14-,16+/m0/s1. The molecule has 2 rings (SSSR count). The minimum Gasteiger partial charge on any atom is -0.299 e. The quantitative estimate of drug-likeness (QED) is 0.802. The van der Waals surface area contributed by atoms with Crippen molar-refractivity contribution in [2.75, 3.05) is 13.1 Å². The first kappa shape index (κ1) is 17.4. The Balaban J connectivity index is 1.84. The minimum absolute atomic E-state index is 0.0583. The lowest BCUT2D eigenvalue weighted by Crippen LogP contribution is -2.47. The van der Waals surface area contributed by atoms with E-state index in [1.165, 1.54) is 5.56 Å². The number of nitrogens with one attached hydrogen (secondary N) is 2. The van der Waals surface area contributed by atoms with Gasteiger partial charge in [-0.2, -0.15) is 17.9 Å². The molecule has 0 spiro atoms. The maximum Gasteiger partial charge on any atom is 0.277 e. The Hall–Kier alpha value is -0.950. The first-order valence-electron chi connectivity index (χ1n) is 7.91. The van der Waals surface area contributed by atoms with Gasteiger partial charge >= 0.3 is 0 Å². The van der Waals surface area contributed by atoms with E-state index in [2.05, 4.69) is 38.6 Å². The average Bonchev–Trinajstić information content (AvgIpc) is 2.86. The zero-order valence-electron chi connectivity index (χ0n) is 13.6. The molecule has 0 unspecified atom stereocenters. The van der Waals surface area contributed by atoms with Gasteiger partial charge in [-0.3, -0.25) is 4.90 Å². The molecule has 1 fully saturated rings. The Bertz CT molecular complexity index is 560. The first-order chi connectivity index (χ1) is 10.4. The summed E-state index contributed by atoms with van der Waals surface area (Å²) < 4.78 is 29.2. The van der Waals surface area contributed by atoms with Crippen LogP contribution < -0.4 is 9.44 Å². The number of nitrogens with zero attached hydrogens (tertiary/aromatic N) is 1. The van der Waals surface area contributed by atoms with E-state index >= 15 is 0 Å². The molecule has 1 aliphatic heterocycles. The van der Waals surface area contributed by atoms with Crippen molar-refractivity contribution in [2.24, 2.45) is 5.92 Å². The van der Waals surface area contributed by atoms with Gasteiger partial charge in [-0.05, 0) is 45.2 Å². The van der Waals surface area contributed by atoms with Crippen LogP contribution in [-0.2, 0) is 16.8 Å². The molecule has 1 aromatic carbocycles. The summed E-state index contributed by atoms with van der Waals surface area (Å²) in [5.74, 6) is 0.354. The van der Waals surface area contributed by atoms with Gasteiger partial charge in [0.2, 0.25) is 0 Å². The maximum absolute atomic E-state index is 11.9. The lowest BCUT2D eigenvalue weighted by molar-refractivity contribution is 0.304. The molecule has 0 saturated carbocycles. The van der Waals surface area contributed by atoms with Crippen LogP contribution in [0.5, 0.6) is 0 Å². The number of benzene rings is 1. The molecule has 1 heterocycles. The van der Waals surface area contributed by atoms with Crippen LogP contribution in [0.25, 0.3) is 0 Å². The smallest absolute Gasteiger partial charge is 0.277 e. The summed E-state index contributed by atoms with van der Waals surface area (Å²) in [6, 6.07) is 10.2. The van der Waals surface area contributed by atoms with Gasteiger partial charge in [0.05, 0.1) is 0 Å². The highest BCUT2D eigenvalue weighted by atomic mass is 32.2. The molecule has 0 aromatic heterocycles. The Labute approximate surface area is 134 Å². The molecule has 22 heavy (non-hydrogen) atoms. The van der Waals surface area contributed by atoms with Gasteiger partial charge in [0, 0.05) is 25.2 Å². The van der Waals surface area contributed by atoms with E-state index in [4.69, 9.17) is 0 Å². The first-order valence-corrected chi connectivity index (χ1v) is 9.40.